The van der Waals surface area contributed by atoms with Crippen molar-refractivity contribution in [2.24, 2.45) is 29.1 Å². The number of rotatable bonds is 6. The molecule has 0 amide bonds. The Morgan fingerprint density at radius 1 is 1.04 bits per heavy atom. The zero-order valence-corrected chi connectivity index (χ0v) is 13.9. The summed E-state index contributed by atoms with van der Waals surface area (Å²) < 4.78 is 0. The van der Waals surface area contributed by atoms with Crippen LogP contribution in [0.2, 0.25) is 0 Å². The maximum absolute atomic E-state index is 11.7. The van der Waals surface area contributed by atoms with Gasteiger partial charge in [0.25, 0.3) is 0 Å². The monoisotopic (exact) mass is 312 g/mol. The van der Waals surface area contributed by atoms with E-state index in [4.69, 9.17) is 0 Å². The second kappa shape index (κ2) is 5.96. The van der Waals surface area contributed by atoms with Gasteiger partial charge < -0.3 is 5.11 Å². The van der Waals surface area contributed by atoms with Crippen LogP contribution in [0, 0.1) is 29.1 Å². The maximum atomic E-state index is 11.7. The fraction of sp³-hybridized carbons (Fsp3) is 0.667. The van der Waals surface area contributed by atoms with Crippen molar-refractivity contribution in [1.29, 1.82) is 0 Å². The smallest absolute Gasteiger partial charge is 0.306 e. The minimum Gasteiger partial charge on any atom is -0.481 e. The lowest BCUT2D eigenvalue weighted by atomic mass is 9.48. The maximum Gasteiger partial charge on any atom is 0.306 e. The minimum absolute atomic E-state index is 0.217. The molecule has 1 atom stereocenters. The Bertz CT molecular complexity index is 527. The second-order valence-electron chi connectivity index (χ2n) is 8.68. The molecule has 4 aliphatic rings. The third-order valence-corrected chi connectivity index (χ3v) is 6.86. The number of carbonyl (C=O) groups is 1. The zero-order valence-electron chi connectivity index (χ0n) is 13.9. The van der Waals surface area contributed by atoms with Gasteiger partial charge in [-0.3, -0.25) is 4.79 Å². The zero-order chi connectivity index (χ0) is 15.9. The van der Waals surface area contributed by atoms with Crippen LogP contribution in [0.5, 0.6) is 0 Å². The molecule has 1 aromatic rings. The molecule has 4 aliphatic carbocycles. The molecule has 0 aliphatic heterocycles. The largest absolute Gasteiger partial charge is 0.481 e. The van der Waals surface area contributed by atoms with E-state index >= 15 is 0 Å². The van der Waals surface area contributed by atoms with Crippen LogP contribution in [0.3, 0.4) is 0 Å². The van der Waals surface area contributed by atoms with Crippen LogP contribution < -0.4 is 0 Å². The van der Waals surface area contributed by atoms with Crippen molar-refractivity contribution in [3.05, 3.63) is 35.9 Å². The summed E-state index contributed by atoms with van der Waals surface area (Å²) in [4.78, 5) is 11.7. The predicted molar refractivity (Wildman–Crippen MR) is 91.1 cm³/mol. The van der Waals surface area contributed by atoms with Crippen LogP contribution in [0.25, 0.3) is 0 Å². The van der Waals surface area contributed by atoms with Crippen LogP contribution in [0.4, 0.5) is 0 Å². The highest BCUT2D eigenvalue weighted by Crippen LogP contribution is 2.61. The SMILES string of the molecule is O=C(O)[C@@H](CCC12CC3CC(CC(C3)C1)C2)Cc1ccccc1. The highest BCUT2D eigenvalue weighted by Gasteiger charge is 2.50. The molecule has 2 nitrogen and oxygen atoms in total. The molecule has 0 heterocycles. The lowest BCUT2D eigenvalue weighted by molar-refractivity contribution is -0.142. The molecule has 0 unspecified atom stereocenters. The van der Waals surface area contributed by atoms with Gasteiger partial charge in [0, 0.05) is 0 Å². The first kappa shape index (κ1) is 15.2. The van der Waals surface area contributed by atoms with Crippen LogP contribution in [-0.2, 0) is 11.2 Å². The van der Waals surface area contributed by atoms with Gasteiger partial charge in [-0.25, -0.2) is 0 Å². The Morgan fingerprint density at radius 3 is 2.13 bits per heavy atom. The molecule has 4 saturated carbocycles. The van der Waals surface area contributed by atoms with E-state index in [1.807, 2.05) is 18.2 Å². The van der Waals surface area contributed by atoms with E-state index in [-0.39, 0.29) is 5.92 Å². The molecular formula is C21H28O2. The third kappa shape index (κ3) is 3.18. The van der Waals surface area contributed by atoms with Gasteiger partial charge >= 0.3 is 5.97 Å². The quantitative estimate of drug-likeness (QED) is 0.809. The van der Waals surface area contributed by atoms with Crippen LogP contribution >= 0.6 is 0 Å². The molecule has 0 saturated heterocycles. The minimum atomic E-state index is -0.612. The summed E-state index contributed by atoms with van der Waals surface area (Å²) in [6.45, 7) is 0. The van der Waals surface area contributed by atoms with Gasteiger partial charge in [-0.05, 0) is 86.5 Å². The van der Waals surface area contributed by atoms with Gasteiger partial charge in [0.1, 0.15) is 0 Å². The van der Waals surface area contributed by atoms with E-state index < -0.39 is 5.97 Å². The van der Waals surface area contributed by atoms with Gasteiger partial charge in [0.05, 0.1) is 5.92 Å². The first-order chi connectivity index (χ1) is 11.1. The lowest BCUT2D eigenvalue weighted by Gasteiger charge is -2.57. The molecular weight excluding hydrogens is 284 g/mol. The third-order valence-electron chi connectivity index (χ3n) is 6.86. The molecule has 0 radical (unpaired) electrons. The van der Waals surface area contributed by atoms with Crippen LogP contribution in [-0.4, -0.2) is 11.1 Å². The van der Waals surface area contributed by atoms with Gasteiger partial charge in [0.2, 0.25) is 0 Å². The van der Waals surface area contributed by atoms with Gasteiger partial charge in [-0.2, -0.15) is 0 Å². The molecule has 2 heteroatoms. The highest BCUT2D eigenvalue weighted by molar-refractivity contribution is 5.70. The Hall–Kier alpha value is -1.31. The van der Waals surface area contributed by atoms with Crippen molar-refractivity contribution >= 4 is 5.97 Å². The second-order valence-corrected chi connectivity index (χ2v) is 8.68. The van der Waals surface area contributed by atoms with Gasteiger partial charge in [0.15, 0.2) is 0 Å². The number of hydrogen-bond donors (Lipinski definition) is 1. The highest BCUT2D eigenvalue weighted by atomic mass is 16.4. The molecule has 0 spiro atoms. The summed E-state index contributed by atoms with van der Waals surface area (Å²) in [5.41, 5.74) is 1.66. The molecule has 0 aromatic heterocycles. The number of hydrogen-bond acceptors (Lipinski definition) is 1. The standard InChI is InChI=1S/C21H28O2/c22-20(23)19(11-15-4-2-1-3-5-15)6-7-21-12-16-8-17(13-21)10-18(9-16)14-21/h1-5,16-19H,6-14H2,(H,22,23)/t16?,17?,18?,19-,21?/m0/s1. The van der Waals surface area contributed by atoms with Crippen molar-refractivity contribution in [2.75, 3.05) is 0 Å². The van der Waals surface area contributed by atoms with E-state index in [0.29, 0.717) is 11.8 Å². The van der Waals surface area contributed by atoms with E-state index in [1.165, 1.54) is 38.5 Å². The molecule has 124 valence electrons. The van der Waals surface area contributed by atoms with Crippen LogP contribution in [0.15, 0.2) is 30.3 Å². The summed E-state index contributed by atoms with van der Waals surface area (Å²) >= 11 is 0. The molecule has 4 bridgehead atoms. The molecule has 4 fully saturated rings. The fourth-order valence-electron chi connectivity index (χ4n) is 6.29. The van der Waals surface area contributed by atoms with E-state index in [9.17, 15) is 9.90 Å². The van der Waals surface area contributed by atoms with E-state index in [1.54, 1.807) is 0 Å². The molecule has 1 aromatic carbocycles. The Morgan fingerprint density at radius 2 is 1.61 bits per heavy atom. The first-order valence-electron chi connectivity index (χ1n) is 9.39. The number of carboxylic acid groups (broad SMARTS) is 1. The van der Waals surface area contributed by atoms with E-state index in [2.05, 4.69) is 12.1 Å². The summed E-state index contributed by atoms with van der Waals surface area (Å²) in [5, 5.41) is 9.65. The molecule has 1 N–H and O–H groups in total. The van der Waals surface area contributed by atoms with Crippen molar-refractivity contribution < 1.29 is 9.90 Å². The molecule has 23 heavy (non-hydrogen) atoms. The first-order valence-corrected chi connectivity index (χ1v) is 9.39. The fourth-order valence-corrected chi connectivity index (χ4v) is 6.29. The Labute approximate surface area is 139 Å². The Kier molecular flexibility index (Phi) is 3.95. The Balaban J connectivity index is 1.41. The van der Waals surface area contributed by atoms with E-state index in [0.717, 1.165) is 36.2 Å². The predicted octanol–water partition coefficient (Wildman–Crippen LogP) is 4.93. The van der Waals surface area contributed by atoms with Crippen LogP contribution in [0.1, 0.15) is 56.9 Å². The van der Waals surface area contributed by atoms with Crippen molar-refractivity contribution in [3.8, 4) is 0 Å². The average molecular weight is 312 g/mol. The number of aliphatic carboxylic acids is 1. The van der Waals surface area contributed by atoms with Crippen molar-refractivity contribution in [2.45, 2.75) is 57.8 Å². The van der Waals surface area contributed by atoms with Crippen molar-refractivity contribution in [1.82, 2.24) is 0 Å². The van der Waals surface area contributed by atoms with Gasteiger partial charge in [-0.1, -0.05) is 30.3 Å². The number of carboxylic acids is 1. The summed E-state index contributed by atoms with van der Waals surface area (Å²) in [7, 11) is 0. The van der Waals surface area contributed by atoms with Gasteiger partial charge in [-0.15, -0.1) is 0 Å². The number of benzene rings is 1. The average Bonchev–Trinajstić information content (AvgIpc) is 2.51. The summed E-state index contributed by atoms with van der Waals surface area (Å²) in [6.07, 6.45) is 11.2. The normalized spacial score (nSPS) is 36.1. The summed E-state index contributed by atoms with van der Waals surface area (Å²) in [5.74, 6) is 2.04. The lowest BCUT2D eigenvalue weighted by Crippen LogP contribution is -2.46. The summed E-state index contributed by atoms with van der Waals surface area (Å²) in [6, 6.07) is 10.1. The molecule has 5 rings (SSSR count). The topological polar surface area (TPSA) is 37.3 Å². The van der Waals surface area contributed by atoms with Crippen molar-refractivity contribution in [3.63, 3.8) is 0 Å².